The Bertz CT molecular complexity index is 3580. The van der Waals surface area contributed by atoms with Gasteiger partial charge in [0.05, 0.1) is 19.8 Å². The van der Waals surface area contributed by atoms with Crippen molar-refractivity contribution in [1.29, 1.82) is 0 Å². The first-order valence-corrected chi connectivity index (χ1v) is 28.1. The number of ether oxygens (including phenoxy) is 2. The molecule has 0 heterocycles. The molecule has 2 aliphatic carbocycles. The average molecular weight is 1040 g/mol. The molecule has 0 bridgehead atoms. The first kappa shape index (κ1) is 51.8. The molecule has 2 aliphatic rings. The molecule has 0 saturated heterocycles. The molecule has 80 heavy (non-hydrogen) atoms. The molecule has 0 aromatic heterocycles. The highest BCUT2D eigenvalue weighted by atomic mass is 16.5. The van der Waals surface area contributed by atoms with E-state index >= 15 is 0 Å². The van der Waals surface area contributed by atoms with Crippen LogP contribution in [0, 0.1) is 0 Å². The molecule has 0 saturated carbocycles. The molecular formula is C76H68N2O2. The monoisotopic (exact) mass is 1040 g/mol. The summed E-state index contributed by atoms with van der Waals surface area (Å²) >= 11 is 0. The second kappa shape index (κ2) is 22.1. The topological polar surface area (TPSA) is 24.9 Å². The lowest BCUT2D eigenvalue weighted by Crippen LogP contribution is -2.16. The van der Waals surface area contributed by atoms with Crippen molar-refractivity contribution in [2.45, 2.75) is 71.0 Å². The van der Waals surface area contributed by atoms with E-state index in [1.54, 1.807) is 0 Å². The maximum atomic E-state index is 6.18. The predicted octanol–water partition coefficient (Wildman–Crippen LogP) is 19.6. The van der Waals surface area contributed by atoms with Crippen LogP contribution in [-0.4, -0.2) is 6.61 Å². The predicted molar refractivity (Wildman–Crippen MR) is 336 cm³/mol. The Kier molecular flexibility index (Phi) is 14.3. The van der Waals surface area contributed by atoms with Crippen molar-refractivity contribution in [2.24, 2.45) is 0 Å². The highest BCUT2D eigenvalue weighted by Gasteiger charge is 2.37. The third kappa shape index (κ3) is 10.3. The van der Waals surface area contributed by atoms with Crippen LogP contribution in [0.3, 0.4) is 0 Å². The van der Waals surface area contributed by atoms with Gasteiger partial charge in [-0.1, -0.05) is 199 Å². The SMILES string of the molecule is C=Cc1ccc(COCc2ccc(N(c3ccc(CCc4ccc(N(c5ccc(CCOc6ccc(C=C)cc6)cc5)c5ccc6c(c5)C(C)(C)c5ccccc5-6)cc4)cc3)c3ccc4c(c3)C(C)(C)c3ccccc3-4)cc2)cc1. The van der Waals surface area contributed by atoms with Crippen molar-refractivity contribution >= 4 is 46.3 Å². The molecule has 4 heteroatoms. The highest BCUT2D eigenvalue weighted by molar-refractivity contribution is 5.87. The number of rotatable bonds is 19. The van der Waals surface area contributed by atoms with Crippen LogP contribution in [0.25, 0.3) is 34.4 Å². The van der Waals surface area contributed by atoms with Gasteiger partial charge in [-0.3, -0.25) is 0 Å². The van der Waals surface area contributed by atoms with Crippen LogP contribution in [0.1, 0.15) is 88.9 Å². The second-order valence-corrected chi connectivity index (χ2v) is 22.4. The van der Waals surface area contributed by atoms with E-state index in [4.69, 9.17) is 9.47 Å². The van der Waals surface area contributed by atoms with E-state index in [1.807, 2.05) is 36.4 Å². The summed E-state index contributed by atoms with van der Waals surface area (Å²) in [4.78, 5) is 4.80. The van der Waals surface area contributed by atoms with Crippen LogP contribution in [0.4, 0.5) is 34.1 Å². The van der Waals surface area contributed by atoms with Gasteiger partial charge in [0.2, 0.25) is 0 Å². The Morgan fingerprint density at radius 1 is 0.350 bits per heavy atom. The van der Waals surface area contributed by atoms with E-state index in [2.05, 4.69) is 257 Å². The average Bonchev–Trinajstić information content (AvgIpc) is 4.13. The fraction of sp³-hybridized carbons (Fsp3) is 0.158. The maximum Gasteiger partial charge on any atom is 0.119 e. The van der Waals surface area contributed by atoms with Gasteiger partial charge >= 0.3 is 0 Å². The van der Waals surface area contributed by atoms with Crippen LogP contribution in [-0.2, 0) is 48.0 Å². The van der Waals surface area contributed by atoms with Crippen LogP contribution < -0.4 is 14.5 Å². The minimum atomic E-state index is -0.116. The van der Waals surface area contributed by atoms with Crippen molar-refractivity contribution in [1.82, 2.24) is 0 Å². The summed E-state index contributed by atoms with van der Waals surface area (Å²) in [7, 11) is 0. The Labute approximate surface area is 473 Å². The molecule has 0 aliphatic heterocycles. The molecule has 10 aromatic carbocycles. The van der Waals surface area contributed by atoms with Crippen molar-refractivity contribution in [3.63, 3.8) is 0 Å². The molecule has 0 N–H and O–H groups in total. The number of fused-ring (bicyclic) bond motifs is 6. The number of hydrogen-bond acceptors (Lipinski definition) is 4. The molecule has 0 atom stereocenters. The van der Waals surface area contributed by atoms with Crippen molar-refractivity contribution in [3.05, 3.63) is 305 Å². The molecule has 0 radical (unpaired) electrons. The zero-order chi connectivity index (χ0) is 54.8. The van der Waals surface area contributed by atoms with E-state index in [0.717, 1.165) is 81.4 Å². The van der Waals surface area contributed by atoms with Crippen molar-refractivity contribution < 1.29 is 9.47 Å². The molecule has 12 rings (SSSR count). The van der Waals surface area contributed by atoms with Crippen molar-refractivity contribution in [3.8, 4) is 28.0 Å². The second-order valence-electron chi connectivity index (χ2n) is 22.4. The fourth-order valence-electron chi connectivity index (χ4n) is 12.0. The zero-order valence-corrected chi connectivity index (χ0v) is 46.5. The number of hydrogen-bond donors (Lipinski definition) is 0. The minimum absolute atomic E-state index is 0.114. The Morgan fingerprint density at radius 2 is 0.688 bits per heavy atom. The molecule has 394 valence electrons. The van der Waals surface area contributed by atoms with Gasteiger partial charge in [0.1, 0.15) is 5.75 Å². The van der Waals surface area contributed by atoms with Crippen LogP contribution in [0.2, 0.25) is 0 Å². The highest BCUT2D eigenvalue weighted by Crippen LogP contribution is 2.52. The van der Waals surface area contributed by atoms with Gasteiger partial charge in [-0.05, 0) is 181 Å². The minimum Gasteiger partial charge on any atom is -0.493 e. The number of aryl methyl sites for hydroxylation is 2. The lowest BCUT2D eigenvalue weighted by atomic mass is 9.82. The Morgan fingerprint density at radius 3 is 1.10 bits per heavy atom. The number of anilines is 6. The van der Waals surface area contributed by atoms with E-state index in [-0.39, 0.29) is 10.8 Å². The molecule has 0 unspecified atom stereocenters. The molecule has 0 spiro atoms. The first-order chi connectivity index (χ1) is 39.0. The third-order valence-corrected chi connectivity index (χ3v) is 16.7. The largest absolute Gasteiger partial charge is 0.493 e. The summed E-state index contributed by atoms with van der Waals surface area (Å²) in [5.74, 6) is 0.870. The Hall–Kier alpha value is -8.96. The molecular weight excluding hydrogens is 973 g/mol. The van der Waals surface area contributed by atoms with Gasteiger partial charge in [0.25, 0.3) is 0 Å². The van der Waals surface area contributed by atoms with Gasteiger partial charge in [0.15, 0.2) is 0 Å². The number of nitrogens with zero attached hydrogens (tertiary/aromatic N) is 2. The lowest BCUT2D eigenvalue weighted by molar-refractivity contribution is 0.107. The summed E-state index contributed by atoms with van der Waals surface area (Å²) in [5.41, 5.74) is 25.6. The van der Waals surface area contributed by atoms with Gasteiger partial charge in [-0.25, -0.2) is 0 Å². The van der Waals surface area contributed by atoms with Gasteiger partial charge in [-0.2, -0.15) is 0 Å². The van der Waals surface area contributed by atoms with E-state index in [9.17, 15) is 0 Å². The third-order valence-electron chi connectivity index (χ3n) is 16.7. The quantitative estimate of drug-likeness (QED) is 0.0806. The fourth-order valence-corrected chi connectivity index (χ4v) is 12.0. The van der Waals surface area contributed by atoms with E-state index < -0.39 is 0 Å². The molecule has 4 nitrogen and oxygen atoms in total. The molecule has 0 amide bonds. The van der Waals surface area contributed by atoms with Gasteiger partial charge in [0, 0.05) is 51.4 Å². The normalized spacial score (nSPS) is 13.2. The summed E-state index contributed by atoms with van der Waals surface area (Å²) in [5, 5.41) is 0. The van der Waals surface area contributed by atoms with E-state index in [0.29, 0.717) is 19.8 Å². The standard InChI is InChI=1S/C76H68N2O2/c1-7-53-17-21-58(22-18-53)51-79-52-59-29-39-63(40-30-59)78(65-42-46-70-68-14-10-12-16-72(68)76(5,6)74(70)50-65)61-35-25-56(26-36-61)20-19-55-23-33-60(34-24-55)77(64-41-45-69-67-13-9-11-15-71(67)75(3,4)73(69)49-64)62-37-27-57(28-38-62)47-48-80-66-43-31-54(8-2)32-44-66/h7-18,21-46,49-50H,1-2,19-20,47-48,51-52H2,3-6H3. The van der Waals surface area contributed by atoms with Crippen LogP contribution >= 0.6 is 0 Å². The summed E-state index contributed by atoms with van der Waals surface area (Å²) in [6, 6.07) is 84.4. The first-order valence-electron chi connectivity index (χ1n) is 28.1. The van der Waals surface area contributed by atoms with Gasteiger partial charge in [-0.15, -0.1) is 0 Å². The Balaban J connectivity index is 0.778. The molecule has 0 fully saturated rings. The van der Waals surface area contributed by atoms with Crippen LogP contribution in [0.15, 0.2) is 244 Å². The zero-order valence-electron chi connectivity index (χ0n) is 46.5. The summed E-state index contributed by atoms with van der Waals surface area (Å²) < 4.78 is 12.3. The van der Waals surface area contributed by atoms with Crippen LogP contribution in [0.5, 0.6) is 5.75 Å². The van der Waals surface area contributed by atoms with E-state index in [1.165, 1.54) is 61.2 Å². The number of benzene rings is 10. The molecule has 10 aromatic rings. The lowest BCUT2D eigenvalue weighted by Gasteiger charge is -2.28. The maximum absolute atomic E-state index is 6.18. The van der Waals surface area contributed by atoms with Gasteiger partial charge < -0.3 is 19.3 Å². The summed E-state index contributed by atoms with van der Waals surface area (Å²) in [6.07, 6.45) is 6.37. The van der Waals surface area contributed by atoms with Crippen molar-refractivity contribution in [2.75, 3.05) is 16.4 Å². The smallest absolute Gasteiger partial charge is 0.119 e. The summed E-state index contributed by atoms with van der Waals surface area (Å²) in [6.45, 7) is 18.8.